The van der Waals surface area contributed by atoms with Gasteiger partial charge in [0.1, 0.15) is 11.5 Å². The standard InChI is InChI=1S/C19H17Cl2FN4O2/c1-3-19(6-7-28-18(23)26-19)15-10-14(4-5-16(15)22)25-17(27)9-12(20)8-13(21)11-24-2/h1,4-5,8,10-11H,2,6-7,9H2,(H2,23,26)(H,25,27)/p+1/b12-8+,13-11+/t19-/m0/s1. The molecule has 1 amide bonds. The molecule has 4 N–H and O–H groups in total. The summed E-state index contributed by atoms with van der Waals surface area (Å²) in [6, 6.07) is 4.05. The zero-order valence-corrected chi connectivity index (χ0v) is 16.3. The van der Waals surface area contributed by atoms with Crippen molar-refractivity contribution in [2.75, 3.05) is 6.61 Å². The molecule has 1 heterocycles. The van der Waals surface area contributed by atoms with Gasteiger partial charge in [0.2, 0.25) is 0 Å². The number of ether oxygens (including phenoxy) is 1. The molecule has 1 aromatic carbocycles. The molecular weight excluding hydrogens is 406 g/mol. The summed E-state index contributed by atoms with van der Waals surface area (Å²) in [6.07, 6.45) is 8.48. The lowest BCUT2D eigenvalue weighted by molar-refractivity contribution is -0.483. The van der Waals surface area contributed by atoms with Crippen molar-refractivity contribution in [3.8, 4) is 12.3 Å². The summed E-state index contributed by atoms with van der Waals surface area (Å²) in [7, 11) is 0. The third-order valence-corrected chi connectivity index (χ3v) is 4.32. The average molecular weight is 424 g/mol. The number of terminal acetylenes is 1. The molecule has 28 heavy (non-hydrogen) atoms. The molecule has 0 radical (unpaired) electrons. The van der Waals surface area contributed by atoms with Gasteiger partial charge in [-0.1, -0.05) is 29.1 Å². The van der Waals surface area contributed by atoms with Gasteiger partial charge in [0, 0.05) is 35.3 Å². The average Bonchev–Trinajstić information content (AvgIpc) is 2.63. The Bertz CT molecular complexity index is 921. The molecule has 9 heteroatoms. The fourth-order valence-corrected chi connectivity index (χ4v) is 3.14. The van der Waals surface area contributed by atoms with Crippen molar-refractivity contribution in [2.24, 2.45) is 15.7 Å². The van der Waals surface area contributed by atoms with Crippen molar-refractivity contribution in [3.63, 3.8) is 0 Å². The largest absolute Gasteiger partial charge is 0.465 e. The number of quaternary nitrogens is 1. The van der Waals surface area contributed by atoms with Crippen molar-refractivity contribution in [1.29, 1.82) is 0 Å². The molecule has 0 unspecified atom stereocenters. The number of rotatable bonds is 6. The minimum atomic E-state index is -1.28. The van der Waals surface area contributed by atoms with Crippen LogP contribution in [0.2, 0.25) is 0 Å². The van der Waals surface area contributed by atoms with E-state index in [1.807, 2.05) is 0 Å². The number of halogens is 3. The Morgan fingerprint density at radius 1 is 1.57 bits per heavy atom. The summed E-state index contributed by atoms with van der Waals surface area (Å²) < 4.78 is 19.6. The van der Waals surface area contributed by atoms with Gasteiger partial charge in [0.25, 0.3) is 6.02 Å². The Morgan fingerprint density at radius 2 is 2.32 bits per heavy atom. The number of amides is 1. The lowest BCUT2D eigenvalue weighted by Gasteiger charge is -2.29. The van der Waals surface area contributed by atoms with Crippen LogP contribution in [0.1, 0.15) is 18.4 Å². The summed E-state index contributed by atoms with van der Waals surface area (Å²) in [5.74, 6) is 1.65. The quantitative estimate of drug-likeness (QED) is 0.318. The van der Waals surface area contributed by atoms with E-state index in [9.17, 15) is 9.18 Å². The molecule has 1 atom stereocenters. The highest BCUT2D eigenvalue weighted by Gasteiger charge is 2.36. The molecule has 0 saturated heterocycles. The van der Waals surface area contributed by atoms with Gasteiger partial charge in [-0.3, -0.25) is 10.3 Å². The number of primary amides is 1. The SMILES string of the molecule is C#C[C@@]1(c2cc([NH2+]C(=O)C/C(Cl)=C\C(Cl)=C/N=C)ccc2F)CCOC(N)=N1. The van der Waals surface area contributed by atoms with Gasteiger partial charge in [-0.15, -0.1) is 6.42 Å². The molecule has 2 rings (SSSR count). The Morgan fingerprint density at radius 3 is 2.96 bits per heavy atom. The van der Waals surface area contributed by atoms with Gasteiger partial charge in [-0.05, 0) is 18.9 Å². The Labute approximate surface area is 172 Å². The monoisotopic (exact) mass is 423 g/mol. The van der Waals surface area contributed by atoms with Crippen LogP contribution < -0.4 is 11.1 Å². The van der Waals surface area contributed by atoms with Gasteiger partial charge in [-0.25, -0.2) is 14.2 Å². The number of hydrogen-bond donors (Lipinski definition) is 2. The summed E-state index contributed by atoms with van der Waals surface area (Å²) >= 11 is 11.9. The van der Waals surface area contributed by atoms with Crippen LogP contribution in [0.25, 0.3) is 0 Å². The Balaban J connectivity index is 2.23. The van der Waals surface area contributed by atoms with E-state index in [1.165, 1.54) is 35.8 Å². The topological polar surface area (TPSA) is 93.6 Å². The predicted molar refractivity (Wildman–Crippen MR) is 108 cm³/mol. The molecule has 0 saturated carbocycles. The zero-order valence-electron chi connectivity index (χ0n) is 14.8. The van der Waals surface area contributed by atoms with Gasteiger partial charge in [-0.2, -0.15) is 0 Å². The van der Waals surface area contributed by atoms with E-state index in [1.54, 1.807) is 0 Å². The number of hydrogen-bond acceptors (Lipinski definition) is 5. The van der Waals surface area contributed by atoms with E-state index in [-0.39, 0.29) is 47.0 Å². The molecular formula is C19H18Cl2FN4O2+. The number of nitrogens with two attached hydrogens (primary N) is 2. The molecule has 0 fully saturated rings. The van der Waals surface area contributed by atoms with E-state index >= 15 is 0 Å². The summed E-state index contributed by atoms with van der Waals surface area (Å²) in [5, 5.41) is 1.79. The molecule has 0 aromatic heterocycles. The summed E-state index contributed by atoms with van der Waals surface area (Å²) in [5.41, 5.74) is 4.92. The minimum absolute atomic E-state index is 0.0886. The van der Waals surface area contributed by atoms with Crippen molar-refractivity contribution < 1.29 is 19.2 Å². The highest BCUT2D eigenvalue weighted by molar-refractivity contribution is 6.35. The van der Waals surface area contributed by atoms with Crippen LogP contribution in [0.15, 0.2) is 50.5 Å². The lowest BCUT2D eigenvalue weighted by atomic mass is 9.87. The van der Waals surface area contributed by atoms with E-state index in [4.69, 9.17) is 40.1 Å². The fraction of sp³-hybridized carbons (Fsp3) is 0.211. The van der Waals surface area contributed by atoms with Gasteiger partial charge < -0.3 is 10.5 Å². The smallest absolute Gasteiger partial charge is 0.320 e. The van der Waals surface area contributed by atoms with Crippen LogP contribution >= 0.6 is 23.2 Å². The van der Waals surface area contributed by atoms with Crippen molar-refractivity contribution >= 4 is 47.5 Å². The number of nitrogens with zero attached hydrogens (tertiary/aromatic N) is 2. The number of carbonyl (C=O) groups is 1. The third-order valence-electron chi connectivity index (χ3n) is 3.87. The molecule has 0 bridgehead atoms. The summed E-state index contributed by atoms with van der Waals surface area (Å²) in [6.45, 7) is 3.48. The van der Waals surface area contributed by atoms with Gasteiger partial charge >= 0.3 is 5.91 Å². The highest BCUT2D eigenvalue weighted by Crippen LogP contribution is 2.34. The number of aliphatic imine (C=N–C) groups is 2. The first-order valence-electron chi connectivity index (χ1n) is 8.10. The van der Waals surface area contributed by atoms with Crippen molar-refractivity contribution in [2.45, 2.75) is 18.4 Å². The normalized spacial score (nSPS) is 20.0. The highest BCUT2D eigenvalue weighted by atomic mass is 35.5. The van der Waals surface area contributed by atoms with Crippen LogP contribution in [-0.2, 0) is 15.1 Å². The minimum Gasteiger partial charge on any atom is -0.465 e. The van der Waals surface area contributed by atoms with Crippen molar-refractivity contribution in [3.05, 3.63) is 51.9 Å². The first kappa shape index (κ1) is 21.6. The van der Waals surface area contributed by atoms with E-state index in [0.29, 0.717) is 5.69 Å². The fourth-order valence-electron chi connectivity index (χ4n) is 2.63. The van der Waals surface area contributed by atoms with Crippen LogP contribution in [-0.4, -0.2) is 25.3 Å². The van der Waals surface area contributed by atoms with Gasteiger partial charge in [0.15, 0.2) is 5.54 Å². The molecule has 0 spiro atoms. The molecule has 1 aromatic rings. The molecule has 0 aliphatic carbocycles. The second-order valence-corrected chi connectivity index (χ2v) is 6.79. The summed E-state index contributed by atoms with van der Waals surface area (Å²) in [4.78, 5) is 19.9. The predicted octanol–water partition coefficient (Wildman–Crippen LogP) is 2.40. The van der Waals surface area contributed by atoms with E-state index < -0.39 is 11.4 Å². The second-order valence-electron chi connectivity index (χ2n) is 5.87. The van der Waals surface area contributed by atoms with Gasteiger partial charge in [0.05, 0.1) is 18.1 Å². The maximum atomic E-state index is 14.5. The number of carbonyl (C=O) groups excluding carboxylic acids is 1. The third kappa shape index (κ3) is 5.42. The van der Waals surface area contributed by atoms with Crippen LogP contribution in [0, 0.1) is 18.2 Å². The number of benzene rings is 1. The van der Waals surface area contributed by atoms with Crippen LogP contribution in [0.5, 0.6) is 0 Å². The molecule has 1 aliphatic heterocycles. The zero-order chi connectivity index (χ0) is 20.7. The van der Waals surface area contributed by atoms with Crippen molar-refractivity contribution in [1.82, 2.24) is 0 Å². The van der Waals surface area contributed by atoms with Crippen LogP contribution in [0.4, 0.5) is 10.1 Å². The lowest BCUT2D eigenvalue weighted by Crippen LogP contribution is -2.82. The first-order chi connectivity index (χ1) is 13.3. The second kappa shape index (κ2) is 9.51. The van der Waals surface area contributed by atoms with E-state index in [0.717, 1.165) is 0 Å². The Kier molecular flexibility index (Phi) is 7.35. The number of amidine groups is 1. The first-order valence-corrected chi connectivity index (χ1v) is 8.86. The maximum absolute atomic E-state index is 14.5. The molecule has 6 nitrogen and oxygen atoms in total. The van der Waals surface area contributed by atoms with E-state index in [2.05, 4.69) is 22.6 Å². The van der Waals surface area contributed by atoms with Crippen LogP contribution in [0.3, 0.4) is 0 Å². The Hall–Kier alpha value is -2.66. The number of allylic oxidation sites excluding steroid dienone is 2. The molecule has 1 aliphatic rings. The maximum Gasteiger partial charge on any atom is 0.320 e. The molecule has 146 valence electrons.